The first-order chi connectivity index (χ1) is 61.1. The Kier molecular flexibility index (Phi) is 37.7. The maximum atomic E-state index is 14.1. The Morgan fingerprint density at radius 1 is 0.481 bits per heavy atom. The van der Waals surface area contributed by atoms with Crippen molar-refractivity contribution in [2.45, 2.75) is 107 Å². The number of nitrogens with zero attached hydrogens (tertiary/aromatic N) is 6. The smallest absolute Gasteiger partial charge is 0.397 e. The molecule has 4 aromatic rings. The summed E-state index contributed by atoms with van der Waals surface area (Å²) in [5.74, 6) is -0.947. The highest BCUT2D eigenvalue weighted by atomic mass is 31.3. The fraction of sp³-hybridized carbons (Fsp3) is 0.529. The van der Waals surface area contributed by atoms with Crippen molar-refractivity contribution in [3.8, 4) is 0 Å². The molecule has 4 aromatic heterocycles. The van der Waals surface area contributed by atoms with Crippen LogP contribution in [-0.2, 0) is 131 Å². The third-order valence-electron chi connectivity index (χ3n) is 17.7. The average molecular weight is 2210 g/mol. The number of nitrogens with two attached hydrogens (primary N) is 1. The molecule has 9 rings (SSSR count). The number of aromatic amines is 2. The van der Waals surface area contributed by atoms with Crippen LogP contribution in [0.25, 0.3) is 11.2 Å². The molecule has 9 heterocycles. The predicted octanol–water partition coefficient (Wildman–Crippen LogP) is -4.09. The topological polar surface area (TPSA) is 1040 Å². The van der Waals surface area contributed by atoms with E-state index >= 15 is 0 Å². The minimum Gasteiger partial charge on any atom is -0.397 e. The molecule has 0 radical (unpaired) electrons. The molecule has 0 bridgehead atoms. The lowest BCUT2D eigenvalue weighted by atomic mass is 9.84. The number of fused-ring (bicyclic) bond motifs is 1. The number of carbonyl (C=O) groups excluding carboxylic acids is 1. The van der Waals surface area contributed by atoms with E-state index in [1.165, 1.54) is 12.3 Å². The Balaban J connectivity index is 0.000000277. The molecule has 4 fully saturated rings. The number of nitrogens with one attached hydrogen (secondary N) is 3. The van der Waals surface area contributed by atoms with Gasteiger partial charge >= 0.3 is 105 Å². The van der Waals surface area contributed by atoms with Crippen molar-refractivity contribution in [3.63, 3.8) is 0 Å². The number of aromatic nitrogens is 7. The number of ether oxygens (including phenoxy) is 4. The third kappa shape index (κ3) is 29.7. The van der Waals surface area contributed by atoms with Crippen molar-refractivity contribution >= 4 is 117 Å². The van der Waals surface area contributed by atoms with Crippen molar-refractivity contribution in [1.29, 1.82) is 0 Å². The SMILES string of the molecule is C=C1NC(=O)C=CN1[C@@H]1O[C@](CF)(COP(=O)(O)OP(=O)(O)OP(=O)(O)O)[C@@H](O)[C@]1(O)CF.C=C=C[C@@]1(O)[C@H](O)[C@@](CF)(COP(=O)(O)OP(=O)(O)OP(=O)(O)O)O[C@H]1n1ccc(=O)[nH]c1=O.C=CC[C@@]1(O)[C@H](O)[C@@](CF)(COP(=O)(O)OP(=O)(O)OP(=O)(O)O)O[C@H]1n1ccc(=O)[nH]c1=O.C[C@@]1(O)[C@H](O)[C@@](CF)(COP(=O)(O)OP(=O)(O)OP(=O)(O)O)O[C@H]1n1cnc2c(N)ccnc21. The van der Waals surface area contributed by atoms with E-state index < -0.39 is 283 Å². The number of amides is 1. The number of H-pyrrole nitrogens is 2. The first-order valence-corrected chi connectivity index (χ1v) is 52.6. The highest BCUT2D eigenvalue weighted by Gasteiger charge is 2.70. The summed E-state index contributed by atoms with van der Waals surface area (Å²) >= 11 is 0. The second-order valence-electron chi connectivity index (χ2n) is 27.7. The number of nitrogen functional groups attached to an aromatic ring is 1. The highest BCUT2D eigenvalue weighted by Crippen LogP contribution is 2.71. The van der Waals surface area contributed by atoms with E-state index in [2.05, 4.69) is 93.3 Å². The number of anilines is 1. The second kappa shape index (κ2) is 43.0. The summed E-state index contributed by atoms with van der Waals surface area (Å²) in [5, 5.41) is 87.9. The number of carbonyl (C=O) groups is 1. The van der Waals surface area contributed by atoms with Crippen LogP contribution in [0.2, 0.25) is 0 Å². The minimum atomic E-state index is -5.90. The van der Waals surface area contributed by atoms with E-state index in [1.807, 2.05) is 9.97 Å². The number of rotatable bonds is 40. The largest absolute Gasteiger partial charge is 0.490 e. The Labute approximate surface area is 743 Å². The molecular formula is C51H77F5N10O57P12. The van der Waals surface area contributed by atoms with Gasteiger partial charge in [-0.1, -0.05) is 19.2 Å². The Morgan fingerprint density at radius 2 is 0.830 bits per heavy atom. The first kappa shape index (κ1) is 118. The molecule has 8 unspecified atom stereocenters. The fourth-order valence-electron chi connectivity index (χ4n) is 12.1. The molecule has 67 nitrogen and oxygen atoms in total. The molecule has 768 valence electrons. The van der Waals surface area contributed by atoms with E-state index in [0.717, 1.165) is 65.6 Å². The van der Waals surface area contributed by atoms with Gasteiger partial charge < -0.3 is 154 Å². The number of phosphoric acid groups is 12. The molecule has 0 saturated carbocycles. The lowest BCUT2D eigenvalue weighted by molar-refractivity contribution is -0.151. The number of aliphatic hydroxyl groups is 8. The van der Waals surface area contributed by atoms with Gasteiger partial charge in [-0.15, -0.1) is 12.3 Å². The maximum absolute atomic E-state index is 14.1. The molecule has 0 aromatic carbocycles. The van der Waals surface area contributed by atoms with Gasteiger partial charge in [0.1, 0.15) is 80.3 Å². The third-order valence-corrected chi connectivity index (χ3v) is 32.8. The molecule has 0 spiro atoms. The zero-order chi connectivity index (χ0) is 104. The monoisotopic (exact) mass is 2210 g/mol. The van der Waals surface area contributed by atoms with Gasteiger partial charge in [-0.2, -0.15) is 34.5 Å². The average Bonchev–Trinajstić information content (AvgIpc) is 1.59. The molecule has 24 atom stereocenters. The fourth-order valence-corrected chi connectivity index (χ4v) is 24.4. The standard InChI is InChI=1S/C13H20FN4O13P3.C13H20FN2O15P3.C13H18FN2O15P3.C12H19F2N2O14P3/c1-12(20)10(19)13(4-14,5-28-33(24,25)31-34(26,27)30-32(21,22)23)29-11(12)18-6-17-8-7(15)2-3-16-9(8)18;2*1-2-4-13(20)9(18)12(6-14,29-10(13)16-5-3-8(17)15-11(16)19)7-28-33(24,25)31-34(26,27)30-32(21,22)23;1-7-15-8(17)2-3-16(7)10-12(19,5-14)9(18)11(4-13,28-10)6-27-32(23,24)30-33(25,26)29-31(20,21)22/h2-3,6,10-11,19-20H,4-5H2,1H3,(H2,15,16)(H,24,25)(H,26,27)(H2,21,22,23);2-3,5,9-10,18,20H,1,4,6-7H2,(H,24,25)(H,26,27)(H,15,17,19)(H2,21,22,23);3-5,9-10,18,20H,1,6-7H2,(H,24,25)(H,26,27)(H,15,17,19)(H2,21,22,23);2-3,9-10,18-19H,1,4-6H2,(H,15,17)(H,23,24)(H,25,26)(H2,20,21,22)/t10-,11+,12+,13+;2*9-,10-,12-,13-;9-,10-,11-,12-/m0111/s1. The normalized spacial score (nSPS) is 31.8. The van der Waals surface area contributed by atoms with Crippen molar-refractivity contribution in [1.82, 2.24) is 43.9 Å². The van der Waals surface area contributed by atoms with Gasteiger partial charge in [0, 0.05) is 49.4 Å². The van der Waals surface area contributed by atoms with Crippen molar-refractivity contribution in [2.24, 2.45) is 0 Å². The minimum absolute atomic E-state index is 0.0834. The number of halogens is 5. The number of alkyl halides is 5. The molecule has 29 N–H and O–H groups in total. The number of phosphoric ester groups is 4. The number of hydrogen-bond acceptors (Lipinski definition) is 45. The predicted molar refractivity (Wildman–Crippen MR) is 416 cm³/mol. The van der Waals surface area contributed by atoms with Crippen LogP contribution in [0.1, 0.15) is 32.0 Å². The lowest BCUT2D eigenvalue weighted by Gasteiger charge is -2.37. The lowest BCUT2D eigenvalue weighted by Crippen LogP contribution is -2.58. The Morgan fingerprint density at radius 3 is 1.18 bits per heavy atom. The summed E-state index contributed by atoms with van der Waals surface area (Å²) in [7, 11) is -69.1. The molecular weight excluding hydrogens is 2130 g/mol. The van der Waals surface area contributed by atoms with Crippen molar-refractivity contribution < 1.29 is 272 Å². The van der Waals surface area contributed by atoms with Gasteiger partial charge in [0.25, 0.3) is 17.0 Å². The van der Waals surface area contributed by atoms with E-state index in [4.69, 9.17) is 68.7 Å². The summed E-state index contributed by atoms with van der Waals surface area (Å²) in [4.78, 5) is 214. The molecule has 135 heavy (non-hydrogen) atoms. The van der Waals surface area contributed by atoms with Crippen molar-refractivity contribution in [2.75, 3.05) is 65.5 Å². The number of aliphatic hydroxyl groups excluding tert-OH is 4. The summed E-state index contributed by atoms with van der Waals surface area (Å²) < 4.78 is 275. The highest BCUT2D eigenvalue weighted by molar-refractivity contribution is 7.68. The zero-order valence-electron chi connectivity index (χ0n) is 66.4. The maximum Gasteiger partial charge on any atom is 0.490 e. The van der Waals surface area contributed by atoms with Crippen LogP contribution in [0.5, 0.6) is 0 Å². The van der Waals surface area contributed by atoms with Gasteiger partial charge in [0.15, 0.2) is 64.2 Å². The van der Waals surface area contributed by atoms with Gasteiger partial charge in [0.2, 0.25) is 0 Å². The van der Waals surface area contributed by atoms with Crippen LogP contribution >= 0.6 is 93.9 Å². The van der Waals surface area contributed by atoms with E-state index in [0.29, 0.717) is 15.2 Å². The Hall–Kier alpha value is -5.40. The number of imidazole rings is 1. The van der Waals surface area contributed by atoms with E-state index in [-0.39, 0.29) is 22.7 Å². The summed E-state index contributed by atoms with van der Waals surface area (Å²) in [6.07, 6.45) is -9.64. The van der Waals surface area contributed by atoms with Gasteiger partial charge in [-0.25, -0.2) is 96.3 Å². The van der Waals surface area contributed by atoms with Gasteiger partial charge in [0.05, 0.1) is 38.4 Å². The molecule has 5 aliphatic heterocycles. The van der Waals surface area contributed by atoms with Crippen molar-refractivity contribution in [3.05, 3.63) is 141 Å². The second-order valence-corrected chi connectivity index (χ2v) is 45.4. The van der Waals surface area contributed by atoms with Gasteiger partial charge in [-0.05, 0) is 19.1 Å². The Bertz CT molecular complexity index is 6030. The summed E-state index contributed by atoms with van der Waals surface area (Å²) in [6, 6.07) is 3.10. The van der Waals surface area contributed by atoms with Crippen LogP contribution in [0.15, 0.2) is 118 Å². The summed E-state index contributed by atoms with van der Waals surface area (Å²) in [5.41, 5.74) is -16.8. The van der Waals surface area contributed by atoms with E-state index in [1.54, 1.807) is 0 Å². The molecule has 4 saturated heterocycles. The van der Waals surface area contributed by atoms with E-state index in [9.17, 15) is 176 Å². The van der Waals surface area contributed by atoms with Crippen LogP contribution in [0.4, 0.5) is 27.6 Å². The first-order valence-electron chi connectivity index (χ1n) is 34.5. The van der Waals surface area contributed by atoms with Crippen LogP contribution in [-0.4, -0.2) is 299 Å². The van der Waals surface area contributed by atoms with Crippen LogP contribution in [0, 0.1) is 0 Å². The summed E-state index contributed by atoms with van der Waals surface area (Å²) in [6.45, 7) is -3.50. The number of hydrogen-bond donors (Lipinski definition) is 28. The van der Waals surface area contributed by atoms with Gasteiger partial charge in [-0.3, -0.25) is 56.1 Å². The number of pyridine rings is 1. The zero-order valence-corrected chi connectivity index (χ0v) is 77.1. The molecule has 0 aliphatic carbocycles. The molecule has 1 amide bonds. The van der Waals surface area contributed by atoms with Crippen LogP contribution in [0.3, 0.4) is 0 Å². The van der Waals surface area contributed by atoms with Crippen LogP contribution < -0.4 is 33.5 Å². The molecule has 5 aliphatic rings. The molecule has 84 heteroatoms. The quantitative estimate of drug-likeness (QED) is 0.00871.